The Labute approximate surface area is 132 Å². The molecule has 0 unspecified atom stereocenters. The Morgan fingerprint density at radius 1 is 0.857 bits per heavy atom. The van der Waals surface area contributed by atoms with Crippen molar-refractivity contribution < 1.29 is 29.3 Å². The van der Waals surface area contributed by atoms with Gasteiger partial charge in [0.25, 0.3) is 0 Å². The molecular weight excluding hydrogens is 318 g/mol. The van der Waals surface area contributed by atoms with E-state index in [-0.39, 0.29) is 0 Å². The van der Waals surface area contributed by atoms with Crippen molar-refractivity contribution in [3.05, 3.63) is 30.3 Å². The van der Waals surface area contributed by atoms with E-state index >= 15 is 0 Å². The second kappa shape index (κ2) is 13.2. The summed E-state index contributed by atoms with van der Waals surface area (Å²) in [7, 11) is 0. The van der Waals surface area contributed by atoms with Crippen LogP contribution in [-0.2, 0) is 18.7 Å². The van der Waals surface area contributed by atoms with Gasteiger partial charge in [0.1, 0.15) is 0 Å². The van der Waals surface area contributed by atoms with E-state index < -0.39 is 0 Å². The maximum absolute atomic E-state index is 8.04. The molecule has 0 spiro atoms. The molecule has 21 heavy (non-hydrogen) atoms. The largest absolute Gasteiger partial charge is 0.371 e. The number of hydrogen-bond donors (Lipinski definition) is 2. The molecule has 0 saturated heterocycles. The molecule has 0 saturated carbocycles. The minimum Gasteiger partial charge on any atom is -0.371 e. The molecule has 0 aromatic heterocycles. The molecule has 0 aliphatic rings. The average molecular weight is 337 g/mol. The van der Waals surface area contributed by atoms with Crippen LogP contribution < -0.4 is 4.90 Å². The zero-order valence-electron chi connectivity index (χ0n) is 11.4. The van der Waals surface area contributed by atoms with Gasteiger partial charge in [-0.1, -0.05) is 28.3 Å². The molecule has 9 heteroatoms. The Morgan fingerprint density at radius 3 is 1.86 bits per heavy atom. The summed E-state index contributed by atoms with van der Waals surface area (Å²) in [4.78, 5) is 2.25. The Balaban J connectivity index is 2.32. The molecule has 1 aromatic rings. The SMILES string of the molecule is OOOSCCCN(CCCSOOO)c1ccccc1. The van der Waals surface area contributed by atoms with Crippen LogP contribution in [0.1, 0.15) is 12.8 Å². The topological polar surface area (TPSA) is 80.6 Å². The highest BCUT2D eigenvalue weighted by atomic mass is 32.2. The van der Waals surface area contributed by atoms with Crippen molar-refractivity contribution in [2.45, 2.75) is 12.8 Å². The standard InChI is InChI=1S/C12H19NO6S2/c14-16-18-20-10-4-8-13(9-5-11-21-19-17-15)12-6-2-1-3-7-12/h1-3,6-7,14-15H,4-5,8-11H2. The Kier molecular flexibility index (Phi) is 11.6. The third-order valence-corrected chi connectivity index (χ3v) is 3.81. The lowest BCUT2D eigenvalue weighted by Crippen LogP contribution is -2.26. The van der Waals surface area contributed by atoms with Gasteiger partial charge in [0, 0.05) is 54.4 Å². The molecule has 1 aromatic carbocycles. The van der Waals surface area contributed by atoms with Gasteiger partial charge in [-0.05, 0) is 25.0 Å². The molecule has 0 aliphatic heterocycles. The number of benzene rings is 1. The highest BCUT2D eigenvalue weighted by molar-refractivity contribution is 7.94. The lowest BCUT2D eigenvalue weighted by atomic mass is 10.2. The summed E-state index contributed by atoms with van der Waals surface area (Å²) in [6.45, 7) is 1.71. The predicted molar refractivity (Wildman–Crippen MR) is 82.4 cm³/mol. The van der Waals surface area contributed by atoms with Gasteiger partial charge in [0.05, 0.1) is 0 Å². The summed E-state index contributed by atoms with van der Waals surface area (Å²) in [5, 5.41) is 23.2. The summed E-state index contributed by atoms with van der Waals surface area (Å²) >= 11 is 2.12. The van der Waals surface area contributed by atoms with Gasteiger partial charge in [-0.25, -0.2) is 10.5 Å². The van der Waals surface area contributed by atoms with Crippen molar-refractivity contribution in [3.63, 3.8) is 0 Å². The quantitative estimate of drug-likeness (QED) is 0.243. The zero-order chi connectivity index (χ0) is 15.2. The number of para-hydroxylation sites is 1. The van der Waals surface area contributed by atoms with E-state index in [1.165, 1.54) is 0 Å². The molecule has 0 amide bonds. The lowest BCUT2D eigenvalue weighted by Gasteiger charge is -2.24. The van der Waals surface area contributed by atoms with Gasteiger partial charge in [-0.3, -0.25) is 0 Å². The first-order valence-electron chi connectivity index (χ1n) is 6.38. The second-order valence-electron chi connectivity index (χ2n) is 3.96. The molecule has 1 rings (SSSR count). The van der Waals surface area contributed by atoms with Crippen LogP contribution >= 0.6 is 24.1 Å². The number of rotatable bonds is 13. The average Bonchev–Trinajstić information content (AvgIpc) is 2.53. The first-order chi connectivity index (χ1) is 10.4. The fourth-order valence-corrected chi connectivity index (χ4v) is 2.46. The molecule has 2 N–H and O–H groups in total. The first kappa shape index (κ1) is 18.5. The van der Waals surface area contributed by atoms with Crippen molar-refractivity contribution in [3.8, 4) is 0 Å². The Hall–Kier alpha value is -0.520. The molecule has 0 radical (unpaired) electrons. The molecule has 120 valence electrons. The van der Waals surface area contributed by atoms with Crippen molar-refractivity contribution in [1.29, 1.82) is 0 Å². The van der Waals surface area contributed by atoms with E-state index in [2.05, 4.69) is 35.8 Å². The lowest BCUT2D eigenvalue weighted by molar-refractivity contribution is -0.432. The minimum absolute atomic E-state index is 0.708. The normalized spacial score (nSPS) is 10.8. The molecule has 0 heterocycles. The number of hydrogen-bond acceptors (Lipinski definition) is 9. The van der Waals surface area contributed by atoms with Crippen LogP contribution in [0.3, 0.4) is 0 Å². The van der Waals surface area contributed by atoms with Gasteiger partial charge >= 0.3 is 0 Å². The van der Waals surface area contributed by atoms with Crippen LogP contribution in [0.15, 0.2) is 30.3 Å². The Morgan fingerprint density at radius 2 is 1.38 bits per heavy atom. The van der Waals surface area contributed by atoms with E-state index in [1.807, 2.05) is 18.2 Å². The second-order valence-corrected chi connectivity index (χ2v) is 5.52. The van der Waals surface area contributed by atoms with Gasteiger partial charge in [0.2, 0.25) is 0 Å². The van der Waals surface area contributed by atoms with Crippen LogP contribution in [0.2, 0.25) is 0 Å². The molecule has 0 bridgehead atoms. The van der Waals surface area contributed by atoms with E-state index in [4.69, 9.17) is 10.5 Å². The van der Waals surface area contributed by atoms with Crippen LogP contribution in [0.25, 0.3) is 0 Å². The summed E-state index contributed by atoms with van der Waals surface area (Å²) in [6, 6.07) is 10.1. The van der Waals surface area contributed by atoms with Crippen LogP contribution in [0.5, 0.6) is 0 Å². The number of anilines is 1. The maximum atomic E-state index is 8.04. The fraction of sp³-hybridized carbons (Fsp3) is 0.500. The van der Waals surface area contributed by atoms with Crippen molar-refractivity contribution in [1.82, 2.24) is 0 Å². The van der Waals surface area contributed by atoms with Gasteiger partial charge < -0.3 is 4.90 Å². The Bertz CT molecular complexity index is 332. The van der Waals surface area contributed by atoms with Crippen molar-refractivity contribution in [2.75, 3.05) is 29.5 Å². The van der Waals surface area contributed by atoms with Crippen LogP contribution in [0.4, 0.5) is 5.69 Å². The van der Waals surface area contributed by atoms with Crippen molar-refractivity contribution >= 4 is 29.8 Å². The van der Waals surface area contributed by atoms with Crippen LogP contribution in [-0.4, -0.2) is 35.1 Å². The van der Waals surface area contributed by atoms with E-state index in [9.17, 15) is 0 Å². The highest BCUT2D eigenvalue weighted by Gasteiger charge is 2.06. The van der Waals surface area contributed by atoms with Gasteiger partial charge in [-0.2, -0.15) is 0 Å². The van der Waals surface area contributed by atoms with E-state index in [0.717, 1.165) is 55.7 Å². The third kappa shape index (κ3) is 9.17. The van der Waals surface area contributed by atoms with Crippen LogP contribution in [0, 0.1) is 0 Å². The maximum Gasteiger partial charge on any atom is 0.0366 e. The molecule has 0 aliphatic carbocycles. The van der Waals surface area contributed by atoms with Gasteiger partial charge in [0.15, 0.2) is 0 Å². The molecule has 0 fully saturated rings. The fourth-order valence-electron chi connectivity index (χ4n) is 1.75. The van der Waals surface area contributed by atoms with Gasteiger partial charge in [-0.15, -0.1) is 8.67 Å². The molecule has 7 nitrogen and oxygen atoms in total. The molecule has 0 atom stereocenters. The summed E-state index contributed by atoms with van der Waals surface area (Å²) in [5.41, 5.74) is 1.14. The smallest absolute Gasteiger partial charge is 0.0366 e. The van der Waals surface area contributed by atoms with E-state index in [0.29, 0.717) is 11.5 Å². The zero-order valence-corrected chi connectivity index (χ0v) is 13.1. The first-order valence-corrected chi connectivity index (χ1v) is 8.20. The molecular formula is C12H19NO6S2. The highest BCUT2D eigenvalue weighted by Crippen LogP contribution is 2.16. The van der Waals surface area contributed by atoms with E-state index in [1.54, 1.807) is 0 Å². The summed E-state index contributed by atoms with van der Waals surface area (Å²) in [5.74, 6) is 1.42. The van der Waals surface area contributed by atoms with Crippen molar-refractivity contribution in [2.24, 2.45) is 0 Å². The summed E-state index contributed by atoms with van der Waals surface area (Å²) < 4.78 is 8.69. The number of nitrogens with zero attached hydrogens (tertiary/aromatic N) is 1. The predicted octanol–water partition coefficient (Wildman–Crippen LogP) is 3.41. The monoisotopic (exact) mass is 337 g/mol. The third-order valence-electron chi connectivity index (χ3n) is 2.59. The summed E-state index contributed by atoms with van der Waals surface area (Å²) in [6.07, 6.45) is 1.76. The minimum atomic E-state index is 0.708.